The molecule has 1 amide bonds. The number of carboxylic acid groups (broad SMARTS) is 1. The number of nitrogens with one attached hydrogen (secondary N) is 1. The van der Waals surface area contributed by atoms with Gasteiger partial charge >= 0.3 is 12.1 Å². The van der Waals surface area contributed by atoms with Gasteiger partial charge in [-0.2, -0.15) is 13.2 Å². The maximum Gasteiger partial charge on any atom is 0.433 e. The van der Waals surface area contributed by atoms with Gasteiger partial charge in [-0.3, -0.25) is 19.2 Å². The lowest BCUT2D eigenvalue weighted by Crippen LogP contribution is -2.48. The Hall–Kier alpha value is -4.86. The SMILES string of the molecule is Cl.O=C(O)CN1CCN(c2ccc(C(=O)N3CCC(c4ccc(Oc5ccc(C(F)(F)F)nc5)cc4)CC3)cc2NS(=O)(=O)Cc2ccccc2)CC1. The summed E-state index contributed by atoms with van der Waals surface area (Å²) in [5.74, 6) is -0.549. The molecular formula is C37H39ClF3N5O6S. The van der Waals surface area contributed by atoms with Crippen LogP contribution in [0.15, 0.2) is 91.1 Å². The zero-order chi connectivity index (χ0) is 36.9. The van der Waals surface area contributed by atoms with E-state index in [1.54, 1.807) is 59.5 Å². The first kappa shape index (κ1) is 39.3. The fourth-order valence-corrected chi connectivity index (χ4v) is 7.71. The van der Waals surface area contributed by atoms with Gasteiger partial charge in [-0.1, -0.05) is 42.5 Å². The van der Waals surface area contributed by atoms with Crippen LogP contribution in [-0.2, 0) is 26.7 Å². The Balaban J connectivity index is 0.00000541. The number of hydrogen-bond acceptors (Lipinski definition) is 8. The van der Waals surface area contributed by atoms with E-state index in [4.69, 9.17) is 4.74 Å². The summed E-state index contributed by atoms with van der Waals surface area (Å²) in [6.45, 7) is 2.86. The van der Waals surface area contributed by atoms with Crippen molar-refractivity contribution >= 4 is 45.7 Å². The maximum atomic E-state index is 13.8. The van der Waals surface area contributed by atoms with Crippen LogP contribution >= 0.6 is 12.4 Å². The summed E-state index contributed by atoms with van der Waals surface area (Å²) in [6.07, 6.45) is -2.10. The summed E-state index contributed by atoms with van der Waals surface area (Å²) in [5, 5.41) is 9.18. The minimum absolute atomic E-state index is 0. The molecular weight excluding hydrogens is 735 g/mol. The molecule has 2 fully saturated rings. The number of amides is 1. The third kappa shape index (κ3) is 10.4. The van der Waals surface area contributed by atoms with E-state index in [0.29, 0.717) is 74.7 Å². The first-order chi connectivity index (χ1) is 24.8. The molecule has 0 saturated carbocycles. The molecule has 4 aromatic rings. The van der Waals surface area contributed by atoms with Crippen LogP contribution in [0.5, 0.6) is 11.5 Å². The lowest BCUT2D eigenvalue weighted by Gasteiger charge is -2.36. The predicted octanol–water partition coefficient (Wildman–Crippen LogP) is 6.48. The van der Waals surface area contributed by atoms with Gasteiger partial charge in [0.1, 0.15) is 17.2 Å². The first-order valence-electron chi connectivity index (χ1n) is 16.8. The molecule has 2 saturated heterocycles. The number of ether oxygens (including phenoxy) is 1. The van der Waals surface area contributed by atoms with Crippen molar-refractivity contribution in [3.05, 3.63) is 114 Å². The molecule has 2 aliphatic rings. The van der Waals surface area contributed by atoms with Crippen molar-refractivity contribution < 1.29 is 41.0 Å². The van der Waals surface area contributed by atoms with Crippen molar-refractivity contribution in [3.8, 4) is 11.5 Å². The molecule has 3 aromatic carbocycles. The molecule has 2 aliphatic heterocycles. The highest BCUT2D eigenvalue weighted by molar-refractivity contribution is 7.91. The zero-order valence-corrected chi connectivity index (χ0v) is 30.2. The summed E-state index contributed by atoms with van der Waals surface area (Å²) >= 11 is 0. The van der Waals surface area contributed by atoms with E-state index in [-0.39, 0.29) is 48.0 Å². The Morgan fingerprint density at radius 3 is 2.13 bits per heavy atom. The van der Waals surface area contributed by atoms with Gasteiger partial charge in [-0.25, -0.2) is 13.4 Å². The lowest BCUT2D eigenvalue weighted by atomic mass is 9.89. The minimum atomic E-state index is -4.53. The predicted molar refractivity (Wildman–Crippen MR) is 196 cm³/mol. The summed E-state index contributed by atoms with van der Waals surface area (Å²) in [4.78, 5) is 34.0. The number of halogens is 4. The van der Waals surface area contributed by atoms with E-state index in [9.17, 15) is 36.3 Å². The second-order valence-electron chi connectivity index (χ2n) is 12.9. The van der Waals surface area contributed by atoms with Crippen molar-refractivity contribution in [2.45, 2.75) is 30.7 Å². The highest BCUT2D eigenvalue weighted by Gasteiger charge is 2.32. The molecule has 0 spiro atoms. The summed E-state index contributed by atoms with van der Waals surface area (Å²) in [6, 6.07) is 23.2. The van der Waals surface area contributed by atoms with Gasteiger partial charge in [-0.05, 0) is 72.4 Å². The highest BCUT2D eigenvalue weighted by atomic mass is 35.5. The van der Waals surface area contributed by atoms with Crippen molar-refractivity contribution in [2.75, 3.05) is 55.4 Å². The number of aromatic nitrogens is 1. The Bertz CT molecular complexity index is 1970. The normalized spacial score (nSPS) is 15.8. The largest absolute Gasteiger partial charge is 0.480 e. The lowest BCUT2D eigenvalue weighted by molar-refractivity contribution is -0.141. The van der Waals surface area contributed by atoms with E-state index >= 15 is 0 Å². The number of alkyl halides is 3. The van der Waals surface area contributed by atoms with Crippen LogP contribution in [0.3, 0.4) is 0 Å². The monoisotopic (exact) mass is 773 g/mol. The van der Waals surface area contributed by atoms with Gasteiger partial charge in [0.2, 0.25) is 10.0 Å². The number of nitrogens with zero attached hydrogens (tertiary/aromatic N) is 4. The molecule has 0 bridgehead atoms. The number of carbonyl (C=O) groups excluding carboxylic acids is 1. The zero-order valence-electron chi connectivity index (χ0n) is 28.5. The molecule has 53 heavy (non-hydrogen) atoms. The molecule has 11 nitrogen and oxygen atoms in total. The van der Waals surface area contributed by atoms with Crippen LogP contribution in [0.1, 0.15) is 45.9 Å². The number of likely N-dealkylation sites (tertiary alicyclic amines) is 1. The smallest absolute Gasteiger partial charge is 0.433 e. The summed E-state index contributed by atoms with van der Waals surface area (Å²) in [7, 11) is -3.85. The number of rotatable bonds is 11. The van der Waals surface area contributed by atoms with E-state index in [0.717, 1.165) is 17.8 Å². The van der Waals surface area contributed by atoms with Crippen molar-refractivity contribution in [3.63, 3.8) is 0 Å². The fraction of sp³-hybridized carbons (Fsp3) is 0.324. The van der Waals surface area contributed by atoms with Gasteiger partial charge in [-0.15, -0.1) is 12.4 Å². The molecule has 0 radical (unpaired) electrons. The molecule has 2 N–H and O–H groups in total. The molecule has 1 aromatic heterocycles. The van der Waals surface area contributed by atoms with Crippen LogP contribution in [-0.4, -0.2) is 86.0 Å². The first-order valence-corrected chi connectivity index (χ1v) is 18.5. The second-order valence-corrected chi connectivity index (χ2v) is 14.6. The van der Waals surface area contributed by atoms with E-state index in [1.165, 1.54) is 6.07 Å². The van der Waals surface area contributed by atoms with Crippen molar-refractivity contribution in [1.82, 2.24) is 14.8 Å². The van der Waals surface area contributed by atoms with Crippen LogP contribution in [0.25, 0.3) is 0 Å². The Labute approximate surface area is 311 Å². The summed E-state index contributed by atoms with van der Waals surface area (Å²) < 4.78 is 73.5. The number of piperidine rings is 1. The van der Waals surface area contributed by atoms with Gasteiger partial charge in [0, 0.05) is 44.8 Å². The van der Waals surface area contributed by atoms with E-state index in [2.05, 4.69) is 9.71 Å². The number of carbonyl (C=O) groups is 2. The average Bonchev–Trinajstić information content (AvgIpc) is 3.12. The number of aliphatic carboxylic acids is 1. The van der Waals surface area contributed by atoms with Gasteiger partial charge in [0.15, 0.2) is 0 Å². The third-order valence-corrected chi connectivity index (χ3v) is 10.4. The number of pyridine rings is 1. The molecule has 0 unspecified atom stereocenters. The summed E-state index contributed by atoms with van der Waals surface area (Å²) in [5.41, 5.74) is 1.93. The number of hydrogen-bond donors (Lipinski definition) is 2. The minimum Gasteiger partial charge on any atom is -0.480 e. The van der Waals surface area contributed by atoms with E-state index < -0.39 is 27.9 Å². The van der Waals surface area contributed by atoms with Crippen LogP contribution in [0.4, 0.5) is 24.5 Å². The topological polar surface area (TPSA) is 132 Å². The third-order valence-electron chi connectivity index (χ3n) is 9.18. The average molecular weight is 774 g/mol. The second kappa shape index (κ2) is 16.9. The number of piperazine rings is 1. The Kier molecular flexibility index (Phi) is 12.5. The quantitative estimate of drug-likeness (QED) is 0.176. The van der Waals surface area contributed by atoms with Gasteiger partial charge in [0.25, 0.3) is 5.91 Å². The van der Waals surface area contributed by atoms with E-state index in [1.807, 2.05) is 28.0 Å². The maximum absolute atomic E-state index is 13.8. The molecule has 3 heterocycles. The standard InChI is InChI=1S/C37H38F3N5O6S.ClH/c38-37(39,40)34-13-11-31(23-41-34)51-30-9-6-27(7-10-30)28-14-16-45(17-15-28)36(48)29-8-12-33(44-20-18-43(19-21-44)24-35(46)47)32(22-29)42-52(49,50)25-26-4-2-1-3-5-26;/h1-13,22-23,28,42H,14-21,24-25H2,(H,46,47);1H. The van der Waals surface area contributed by atoms with Gasteiger partial charge < -0.3 is 19.6 Å². The Morgan fingerprint density at radius 1 is 0.868 bits per heavy atom. The number of carboxylic acids is 1. The molecule has 16 heteroatoms. The van der Waals surface area contributed by atoms with Crippen molar-refractivity contribution in [1.29, 1.82) is 0 Å². The fourth-order valence-electron chi connectivity index (χ4n) is 6.51. The van der Waals surface area contributed by atoms with Crippen LogP contribution in [0, 0.1) is 0 Å². The van der Waals surface area contributed by atoms with Gasteiger partial charge in [0.05, 0.1) is 29.9 Å². The van der Waals surface area contributed by atoms with Crippen LogP contribution in [0.2, 0.25) is 0 Å². The highest BCUT2D eigenvalue weighted by Crippen LogP contribution is 2.34. The Morgan fingerprint density at radius 2 is 1.53 bits per heavy atom. The van der Waals surface area contributed by atoms with Crippen LogP contribution < -0.4 is 14.4 Å². The molecule has 282 valence electrons. The molecule has 6 rings (SSSR count). The molecule has 0 atom stereocenters. The van der Waals surface area contributed by atoms with Crippen molar-refractivity contribution in [2.24, 2.45) is 0 Å². The number of benzene rings is 3. The number of anilines is 2. The molecule has 0 aliphatic carbocycles. The number of sulfonamides is 1.